The largest absolute Gasteiger partial charge is 0.484 e. The Balaban J connectivity index is 1.91. The lowest BCUT2D eigenvalue weighted by Gasteiger charge is -2.30. The third-order valence-electron chi connectivity index (χ3n) is 3.58. The zero-order chi connectivity index (χ0) is 14.1. The molecule has 3 rings (SSSR count). The van der Waals surface area contributed by atoms with Gasteiger partial charge in [-0.3, -0.25) is 0 Å². The molecule has 4 nitrogen and oxygen atoms in total. The van der Waals surface area contributed by atoms with Crippen molar-refractivity contribution in [3.05, 3.63) is 47.0 Å². The normalized spacial score (nSPS) is 21.4. The molecule has 0 radical (unpaired) electrons. The summed E-state index contributed by atoms with van der Waals surface area (Å²) in [4.78, 5) is 4.19. The average molecular weight is 293 g/mol. The summed E-state index contributed by atoms with van der Waals surface area (Å²) in [6.07, 6.45) is 4.44. The molecule has 0 fully saturated rings. The van der Waals surface area contributed by atoms with Gasteiger partial charge < -0.3 is 14.4 Å². The van der Waals surface area contributed by atoms with Crippen LogP contribution in [0.5, 0.6) is 5.75 Å². The second kappa shape index (κ2) is 5.46. The summed E-state index contributed by atoms with van der Waals surface area (Å²) in [6, 6.07) is 5.35. The highest BCUT2D eigenvalue weighted by molar-refractivity contribution is 6.30. The van der Waals surface area contributed by atoms with Crippen molar-refractivity contribution in [2.45, 2.75) is 38.5 Å². The van der Waals surface area contributed by atoms with Crippen LogP contribution >= 0.6 is 11.6 Å². The molecule has 0 aliphatic carbocycles. The molecular formula is C15H17ClN2O2. The third kappa shape index (κ3) is 2.41. The minimum atomic E-state index is -0.563. The van der Waals surface area contributed by atoms with Gasteiger partial charge in [-0.15, -0.1) is 0 Å². The monoisotopic (exact) mass is 292 g/mol. The highest BCUT2D eigenvalue weighted by atomic mass is 35.5. The molecule has 1 aromatic heterocycles. The van der Waals surface area contributed by atoms with Gasteiger partial charge in [-0.25, -0.2) is 4.98 Å². The standard InChI is InChI=1S/C15H17ClN2O2/c1-2-5-18-9-17-8-12(18)15-7-13(19)11-6-10(16)3-4-14(11)20-15/h3-4,6,8-9,13,15,19H,2,5,7H2,1H3/t13-,15?/m1/s1. The zero-order valence-electron chi connectivity index (χ0n) is 11.3. The van der Waals surface area contributed by atoms with E-state index < -0.39 is 6.10 Å². The molecule has 0 amide bonds. The number of imidazole rings is 1. The summed E-state index contributed by atoms with van der Waals surface area (Å²) in [5, 5.41) is 10.9. The van der Waals surface area contributed by atoms with Crippen LogP contribution in [-0.2, 0) is 6.54 Å². The van der Waals surface area contributed by atoms with E-state index in [0.29, 0.717) is 17.2 Å². The third-order valence-corrected chi connectivity index (χ3v) is 3.81. The second-order valence-corrected chi connectivity index (χ2v) is 5.49. The number of aliphatic hydroxyl groups is 1. The van der Waals surface area contributed by atoms with E-state index in [1.165, 1.54) is 0 Å². The van der Waals surface area contributed by atoms with Crippen LogP contribution < -0.4 is 4.74 Å². The number of halogens is 1. The van der Waals surface area contributed by atoms with Crippen LogP contribution in [0, 0.1) is 0 Å². The maximum absolute atomic E-state index is 10.3. The number of rotatable bonds is 3. The molecule has 5 heteroatoms. The van der Waals surface area contributed by atoms with Gasteiger partial charge in [-0.1, -0.05) is 18.5 Å². The van der Waals surface area contributed by atoms with Crippen molar-refractivity contribution in [1.82, 2.24) is 9.55 Å². The number of aromatic nitrogens is 2. The maximum atomic E-state index is 10.3. The molecule has 0 bridgehead atoms. The van der Waals surface area contributed by atoms with E-state index in [-0.39, 0.29) is 6.10 Å². The fraction of sp³-hybridized carbons (Fsp3) is 0.400. The van der Waals surface area contributed by atoms with Crippen molar-refractivity contribution in [2.24, 2.45) is 0 Å². The molecule has 1 N–H and O–H groups in total. The van der Waals surface area contributed by atoms with Gasteiger partial charge in [-0.2, -0.15) is 0 Å². The molecule has 20 heavy (non-hydrogen) atoms. The lowest BCUT2D eigenvalue weighted by Crippen LogP contribution is -2.21. The fourth-order valence-corrected chi connectivity index (χ4v) is 2.81. The molecular weight excluding hydrogens is 276 g/mol. The Hall–Kier alpha value is -1.52. The van der Waals surface area contributed by atoms with Crippen LogP contribution in [0.15, 0.2) is 30.7 Å². The van der Waals surface area contributed by atoms with Gasteiger partial charge in [0.15, 0.2) is 0 Å². The number of fused-ring (bicyclic) bond motifs is 1. The second-order valence-electron chi connectivity index (χ2n) is 5.05. The van der Waals surface area contributed by atoms with Gasteiger partial charge in [0.25, 0.3) is 0 Å². The van der Waals surface area contributed by atoms with E-state index in [4.69, 9.17) is 16.3 Å². The maximum Gasteiger partial charge on any atom is 0.143 e. The smallest absolute Gasteiger partial charge is 0.143 e. The van der Waals surface area contributed by atoms with Crippen molar-refractivity contribution >= 4 is 11.6 Å². The molecule has 0 spiro atoms. The number of hydrogen-bond acceptors (Lipinski definition) is 3. The van der Waals surface area contributed by atoms with E-state index >= 15 is 0 Å². The fourth-order valence-electron chi connectivity index (χ4n) is 2.63. The van der Waals surface area contributed by atoms with Gasteiger partial charge >= 0.3 is 0 Å². The summed E-state index contributed by atoms with van der Waals surface area (Å²) >= 11 is 5.96. The van der Waals surface area contributed by atoms with Crippen molar-refractivity contribution < 1.29 is 9.84 Å². The first-order valence-corrected chi connectivity index (χ1v) is 7.21. The van der Waals surface area contributed by atoms with Crippen LogP contribution in [0.2, 0.25) is 5.02 Å². The Morgan fingerprint density at radius 3 is 3.15 bits per heavy atom. The molecule has 1 aromatic carbocycles. The van der Waals surface area contributed by atoms with E-state index in [2.05, 4.69) is 16.5 Å². The molecule has 2 aromatic rings. The minimum Gasteiger partial charge on any atom is -0.484 e. The van der Waals surface area contributed by atoms with Crippen LogP contribution in [-0.4, -0.2) is 14.7 Å². The number of ether oxygens (including phenoxy) is 1. The summed E-state index contributed by atoms with van der Waals surface area (Å²) in [7, 11) is 0. The van der Waals surface area contributed by atoms with Gasteiger partial charge in [0, 0.05) is 23.6 Å². The Morgan fingerprint density at radius 1 is 1.50 bits per heavy atom. The van der Waals surface area contributed by atoms with Gasteiger partial charge in [-0.05, 0) is 24.6 Å². The summed E-state index contributed by atoms with van der Waals surface area (Å²) in [6.45, 7) is 3.02. The van der Waals surface area contributed by atoms with Crippen molar-refractivity contribution in [3.63, 3.8) is 0 Å². The number of aliphatic hydroxyl groups excluding tert-OH is 1. The lowest BCUT2D eigenvalue weighted by atomic mass is 9.97. The van der Waals surface area contributed by atoms with Gasteiger partial charge in [0.05, 0.1) is 24.3 Å². The Labute approximate surface area is 123 Å². The number of hydrogen-bond donors (Lipinski definition) is 1. The number of aryl methyl sites for hydroxylation is 1. The molecule has 2 heterocycles. The minimum absolute atomic E-state index is 0.173. The Kier molecular flexibility index (Phi) is 3.68. The van der Waals surface area contributed by atoms with Crippen molar-refractivity contribution in [3.8, 4) is 5.75 Å². The predicted octanol–water partition coefficient (Wildman–Crippen LogP) is 3.50. The van der Waals surface area contributed by atoms with Crippen LogP contribution in [0.1, 0.15) is 43.2 Å². The molecule has 0 saturated heterocycles. The number of nitrogens with zero attached hydrogens (tertiary/aromatic N) is 2. The molecule has 106 valence electrons. The lowest BCUT2D eigenvalue weighted by molar-refractivity contribution is 0.0618. The van der Waals surface area contributed by atoms with E-state index in [0.717, 1.165) is 24.2 Å². The summed E-state index contributed by atoms with van der Waals surface area (Å²) in [5.74, 6) is 0.697. The zero-order valence-corrected chi connectivity index (χ0v) is 12.0. The average Bonchev–Trinajstić information content (AvgIpc) is 2.88. The molecule has 2 atom stereocenters. The highest BCUT2D eigenvalue weighted by Gasteiger charge is 2.30. The first-order chi connectivity index (χ1) is 9.69. The van der Waals surface area contributed by atoms with Crippen molar-refractivity contribution in [2.75, 3.05) is 0 Å². The first-order valence-electron chi connectivity index (χ1n) is 6.83. The number of benzene rings is 1. The predicted molar refractivity (Wildman–Crippen MR) is 76.9 cm³/mol. The van der Waals surface area contributed by atoms with Gasteiger partial charge in [0.1, 0.15) is 11.9 Å². The Morgan fingerprint density at radius 2 is 2.35 bits per heavy atom. The molecule has 1 aliphatic rings. The van der Waals surface area contributed by atoms with Crippen LogP contribution in [0.4, 0.5) is 0 Å². The Bertz CT molecular complexity index is 612. The SMILES string of the molecule is CCCn1cncc1C1C[C@@H](O)c2cc(Cl)ccc2O1. The van der Waals surface area contributed by atoms with E-state index in [1.807, 2.05) is 18.6 Å². The topological polar surface area (TPSA) is 47.3 Å². The first kappa shape index (κ1) is 13.5. The van der Waals surface area contributed by atoms with Crippen LogP contribution in [0.25, 0.3) is 0 Å². The van der Waals surface area contributed by atoms with E-state index in [9.17, 15) is 5.11 Å². The molecule has 1 unspecified atom stereocenters. The molecule has 1 aliphatic heterocycles. The van der Waals surface area contributed by atoms with E-state index in [1.54, 1.807) is 12.1 Å². The van der Waals surface area contributed by atoms with Crippen LogP contribution in [0.3, 0.4) is 0 Å². The summed E-state index contributed by atoms with van der Waals surface area (Å²) < 4.78 is 8.09. The quantitative estimate of drug-likeness (QED) is 0.942. The molecule has 0 saturated carbocycles. The highest BCUT2D eigenvalue weighted by Crippen LogP contribution is 2.41. The van der Waals surface area contributed by atoms with Gasteiger partial charge in [0.2, 0.25) is 0 Å². The van der Waals surface area contributed by atoms with Crippen molar-refractivity contribution in [1.29, 1.82) is 0 Å². The summed E-state index contributed by atoms with van der Waals surface area (Å²) in [5.41, 5.74) is 1.77.